The number of allylic oxidation sites excluding steroid dienone is 1. The van der Waals surface area contributed by atoms with Crippen LogP contribution in [0.15, 0.2) is 35.0 Å². The maximum Gasteiger partial charge on any atom is 0.318 e. The van der Waals surface area contributed by atoms with Crippen LogP contribution in [-0.4, -0.2) is 199 Å². The van der Waals surface area contributed by atoms with E-state index in [1.807, 2.05) is 175 Å². The Morgan fingerprint density at radius 1 is 0.583 bits per heavy atom. The standard InChI is InChI=1S/C11H20N2O2.C11H16N2O.C10H17N3O.C9H18N6O.C9H21N3O.C8H16N2O2.C8H18N2O.CH4/c1-8(14)9-6-5-7-13(9)10(15)12-11(2,3)4;1-8(14)9-6-5-7-10(12-9)13-11(2,3)4;1-10(2,3)13-9(14)12-7-8-5-4-6-11-8;1-9(2,3)11-8(16)10-6-5-7-12-14-15(4)13-7;1-9(2,3)11-8(13)10-6-7-12(4)5;1-6(11)5-9-7(12)10-8(2,3)4;1-5-6-9-7(11)10-8(2,3)4;/h9H,5-7H2,1-4H3,(H,12,15);5-7H,1-4H3,(H,12,13);5-6H,4,7H2,1-3H3,(H2,12,13,14);5-6H2,1-4H3,(H2,10,11,16);6-7H2,1-5H3,(H2,10,11,13);5H2,1-4H3,(H2,9,10,12);5-6H2,1-4H3,(H2,9,10,11);1H4. The summed E-state index contributed by atoms with van der Waals surface area (Å²) in [7, 11) is 5.66. The highest BCUT2D eigenvalue weighted by Crippen LogP contribution is 2.19. The smallest absolute Gasteiger partial charge is 0.318 e. The number of aryl methyl sites for hydroxylation is 1. The highest BCUT2D eigenvalue weighted by atomic mass is 16.2. The van der Waals surface area contributed by atoms with Gasteiger partial charge >= 0.3 is 36.2 Å². The largest absolute Gasteiger partial charge is 0.365 e. The molecule has 1 atom stereocenters. The van der Waals surface area contributed by atoms with Crippen LogP contribution in [0.5, 0.6) is 0 Å². The number of likely N-dealkylation sites (tertiary alicyclic amines) is 1. The summed E-state index contributed by atoms with van der Waals surface area (Å²) < 4.78 is 0. The number of hydrogen-bond donors (Lipinski definition) is 12. The van der Waals surface area contributed by atoms with Crippen molar-refractivity contribution in [1.82, 2.24) is 93.5 Å². The Kier molecular flexibility index (Phi) is 44.7. The topological polar surface area (TPSA) is 373 Å². The van der Waals surface area contributed by atoms with Crippen LogP contribution in [0.25, 0.3) is 0 Å². The van der Waals surface area contributed by atoms with Gasteiger partial charge < -0.3 is 73.6 Å². The van der Waals surface area contributed by atoms with Crippen LogP contribution >= 0.6 is 0 Å². The first kappa shape index (κ1) is 94.4. The molecule has 29 nitrogen and oxygen atoms in total. The number of ketones is 3. The van der Waals surface area contributed by atoms with E-state index in [0.29, 0.717) is 44.1 Å². The first-order valence-electron chi connectivity index (χ1n) is 32.4. The average molecular weight is 1360 g/mol. The number of aliphatic imine (C=N–C) groups is 1. The van der Waals surface area contributed by atoms with E-state index in [2.05, 4.69) is 110 Å². The summed E-state index contributed by atoms with van der Waals surface area (Å²) in [4.78, 5) is 114. The molecule has 2 aliphatic rings. The van der Waals surface area contributed by atoms with Crippen molar-refractivity contribution in [2.24, 2.45) is 12.0 Å². The first-order chi connectivity index (χ1) is 43.1. The molecule has 12 amide bonds. The van der Waals surface area contributed by atoms with E-state index in [4.69, 9.17) is 0 Å². The molecule has 29 heteroatoms. The summed E-state index contributed by atoms with van der Waals surface area (Å²) in [6.07, 6.45) is 7.96. The molecule has 96 heavy (non-hydrogen) atoms. The maximum absolute atomic E-state index is 11.8. The molecule has 0 bridgehead atoms. The van der Waals surface area contributed by atoms with Crippen molar-refractivity contribution in [2.45, 2.75) is 257 Å². The molecule has 1 saturated heterocycles. The van der Waals surface area contributed by atoms with Crippen molar-refractivity contribution < 1.29 is 43.2 Å². The van der Waals surface area contributed by atoms with Crippen LogP contribution < -0.4 is 63.8 Å². The lowest BCUT2D eigenvalue weighted by Crippen LogP contribution is -2.51. The van der Waals surface area contributed by atoms with E-state index >= 15 is 0 Å². The average Bonchev–Trinajstić information content (AvgIpc) is 1.66. The molecular weight excluding hydrogens is 1230 g/mol. The van der Waals surface area contributed by atoms with Crippen molar-refractivity contribution in [3.63, 3.8) is 0 Å². The zero-order valence-electron chi connectivity index (χ0n) is 63.2. The van der Waals surface area contributed by atoms with E-state index in [9.17, 15) is 43.2 Å². The Hall–Kier alpha value is -7.98. The molecule has 1 fully saturated rings. The molecule has 0 aliphatic carbocycles. The van der Waals surface area contributed by atoms with Crippen molar-refractivity contribution in [3.05, 3.63) is 41.5 Å². The Morgan fingerprint density at radius 2 is 1.03 bits per heavy atom. The summed E-state index contributed by atoms with van der Waals surface area (Å²) in [5, 5.41) is 45.0. The number of carbonyl (C=O) groups excluding carboxylic acids is 9. The zero-order chi connectivity index (χ0) is 74.4. The van der Waals surface area contributed by atoms with Crippen molar-refractivity contribution in [3.8, 4) is 0 Å². The van der Waals surface area contributed by atoms with Crippen molar-refractivity contribution >= 4 is 65.6 Å². The third-order valence-corrected chi connectivity index (χ3v) is 10.7. The monoisotopic (exact) mass is 1360 g/mol. The number of amides is 12. The summed E-state index contributed by atoms with van der Waals surface area (Å²) in [6.45, 7) is 51.5. The van der Waals surface area contributed by atoms with Gasteiger partial charge in [-0.05, 0) is 210 Å². The Balaban J connectivity index is -0.000000515. The maximum atomic E-state index is 11.8. The minimum atomic E-state index is -0.308. The normalized spacial score (nSPS) is 13.2. The van der Waals surface area contributed by atoms with Gasteiger partial charge in [-0.3, -0.25) is 19.4 Å². The molecule has 552 valence electrons. The molecule has 12 N–H and O–H groups in total. The van der Waals surface area contributed by atoms with Gasteiger partial charge in [0.05, 0.1) is 31.9 Å². The zero-order valence-corrected chi connectivity index (χ0v) is 63.2. The van der Waals surface area contributed by atoms with Crippen LogP contribution in [0.4, 0.5) is 34.6 Å². The highest BCUT2D eigenvalue weighted by Gasteiger charge is 2.33. The molecule has 4 rings (SSSR count). The fraction of sp³-hybridized carbons (Fsp3) is 0.731. The lowest BCUT2D eigenvalue weighted by atomic mass is 10.1. The van der Waals surface area contributed by atoms with Crippen molar-refractivity contribution in [2.75, 3.05) is 65.2 Å². The van der Waals surface area contributed by atoms with Gasteiger partial charge in [0.15, 0.2) is 17.4 Å². The fourth-order valence-electron chi connectivity index (χ4n) is 7.08. The second-order valence-corrected chi connectivity index (χ2v) is 30.2. The molecule has 2 aromatic heterocycles. The number of nitrogens with one attached hydrogen (secondary N) is 12. The minimum absolute atomic E-state index is 0. The second-order valence-electron chi connectivity index (χ2n) is 30.2. The van der Waals surface area contributed by atoms with Crippen LogP contribution in [0, 0.1) is 0 Å². The van der Waals surface area contributed by atoms with Gasteiger partial charge in [-0.25, -0.2) is 33.8 Å². The fourth-order valence-corrected chi connectivity index (χ4v) is 7.08. The Morgan fingerprint density at radius 3 is 1.41 bits per heavy atom. The number of Topliss-reactive ketones (excluding diaryl/α,β-unsaturated/α-hetero) is 3. The first-order valence-corrected chi connectivity index (χ1v) is 32.4. The Bertz CT molecular complexity index is 2710. The number of tetrazole rings is 1. The molecule has 0 radical (unpaired) electrons. The van der Waals surface area contributed by atoms with Crippen LogP contribution in [0.1, 0.15) is 223 Å². The third-order valence-electron chi connectivity index (χ3n) is 10.7. The number of aromatic nitrogens is 5. The van der Waals surface area contributed by atoms with E-state index in [0.717, 1.165) is 50.3 Å². The molecule has 1 unspecified atom stereocenters. The summed E-state index contributed by atoms with van der Waals surface area (Å²) in [5.74, 6) is 1.38. The quantitative estimate of drug-likeness (QED) is 0.0741. The predicted molar refractivity (Wildman–Crippen MR) is 388 cm³/mol. The van der Waals surface area contributed by atoms with Crippen LogP contribution in [0.2, 0.25) is 0 Å². The molecule has 2 aliphatic heterocycles. The molecule has 0 aromatic carbocycles. The molecule has 4 heterocycles. The number of pyridine rings is 1. The summed E-state index contributed by atoms with van der Waals surface area (Å²) in [6, 6.07) is 4.24. The number of likely N-dealkylation sites (N-methyl/N-ethyl adjacent to an activating group) is 1. The van der Waals surface area contributed by atoms with Gasteiger partial charge in [0, 0.05) is 97.5 Å². The highest BCUT2D eigenvalue weighted by molar-refractivity contribution is 5.92. The van der Waals surface area contributed by atoms with Crippen molar-refractivity contribution in [1.29, 1.82) is 0 Å². The molecule has 0 spiro atoms. The number of anilines is 1. The number of hydrogen-bond acceptors (Lipinski definition) is 16. The van der Waals surface area contributed by atoms with Gasteiger partial charge in [-0.2, -0.15) is 4.80 Å². The summed E-state index contributed by atoms with van der Waals surface area (Å²) >= 11 is 0. The second kappa shape index (κ2) is 45.5. The van der Waals surface area contributed by atoms with Gasteiger partial charge in [0.2, 0.25) is 0 Å². The predicted octanol–water partition coefficient (Wildman–Crippen LogP) is 8.78. The lowest BCUT2D eigenvalue weighted by Gasteiger charge is -2.28. The third kappa shape index (κ3) is 60.9. The number of urea groups is 6. The van der Waals surface area contributed by atoms with Crippen LogP contribution in [0.3, 0.4) is 0 Å². The van der Waals surface area contributed by atoms with E-state index in [-0.39, 0.29) is 112 Å². The number of nitrogens with zero attached hydrogens (tertiary/aromatic N) is 8. The Labute approximate surface area is 576 Å². The minimum Gasteiger partial charge on any atom is -0.365 e. The molecular formula is C67H130N20O9. The van der Waals surface area contributed by atoms with Crippen LogP contribution in [-0.2, 0) is 23.1 Å². The van der Waals surface area contributed by atoms with E-state index < -0.39 is 0 Å². The molecule has 2 aromatic rings. The lowest BCUT2D eigenvalue weighted by molar-refractivity contribution is -0.120. The number of carbonyl (C=O) groups is 9. The number of rotatable bonds is 15. The summed E-state index contributed by atoms with van der Waals surface area (Å²) in [5.41, 5.74) is 0.143. The van der Waals surface area contributed by atoms with Gasteiger partial charge in [0.1, 0.15) is 17.3 Å². The SMILES string of the molecule is C.CC(=O)C1CCCN1C(=O)NC(C)(C)C.CC(=O)CNC(=O)NC(C)(C)C.CC(=O)c1cccc(NC(C)(C)C)n1.CC(C)(C)NC(=O)NCC1=CCC=N1.CCCNC(=O)NC(C)(C)C.CN(C)CCNC(=O)NC(C)(C)C.Cn1nnc(CCNC(=O)NC(C)(C)C)n1. The molecule has 0 saturated carbocycles. The van der Waals surface area contributed by atoms with Gasteiger partial charge in [-0.15, -0.1) is 10.2 Å². The van der Waals surface area contributed by atoms with Gasteiger partial charge in [-0.1, -0.05) is 26.5 Å². The van der Waals surface area contributed by atoms with E-state index in [1.165, 1.54) is 18.6 Å². The van der Waals surface area contributed by atoms with Gasteiger partial charge in [0.25, 0.3) is 0 Å². The van der Waals surface area contributed by atoms with E-state index in [1.54, 1.807) is 24.9 Å².